The summed E-state index contributed by atoms with van der Waals surface area (Å²) in [7, 11) is -1.67. The van der Waals surface area contributed by atoms with Gasteiger partial charge in [-0.2, -0.15) is 13.2 Å². The van der Waals surface area contributed by atoms with Crippen LogP contribution >= 0.6 is 7.60 Å². The third-order valence-electron chi connectivity index (χ3n) is 3.64. The van der Waals surface area contributed by atoms with Crippen LogP contribution in [0.2, 0.25) is 0 Å². The van der Waals surface area contributed by atoms with Gasteiger partial charge < -0.3 is 24.3 Å². The molecule has 0 fully saturated rings. The number of hydrogen-bond donors (Lipinski definition) is 1. The van der Waals surface area contributed by atoms with Crippen molar-refractivity contribution in [3.05, 3.63) is 17.8 Å². The van der Waals surface area contributed by atoms with Crippen molar-refractivity contribution < 1.29 is 36.3 Å². The van der Waals surface area contributed by atoms with E-state index in [2.05, 4.69) is 4.98 Å². The second kappa shape index (κ2) is 7.92. The Morgan fingerprint density at radius 2 is 1.59 bits per heavy atom. The molecule has 7 nitrogen and oxygen atoms in total. The monoisotopic (exact) mass is 408 g/mol. The molecule has 0 aliphatic rings. The molecule has 1 heterocycles. The first-order valence-electron chi connectivity index (χ1n) is 7.95. The van der Waals surface area contributed by atoms with Crippen LogP contribution in [0.5, 0.6) is 11.5 Å². The number of nitrogens with two attached hydrogens (primary N) is 1. The quantitative estimate of drug-likeness (QED) is 0.698. The van der Waals surface area contributed by atoms with Crippen molar-refractivity contribution in [3.8, 4) is 11.5 Å². The molecule has 2 rings (SSSR count). The van der Waals surface area contributed by atoms with Crippen LogP contribution in [0.4, 0.5) is 18.9 Å². The molecule has 0 atom stereocenters. The second-order valence-corrected chi connectivity index (χ2v) is 7.24. The van der Waals surface area contributed by atoms with Gasteiger partial charge in [0.1, 0.15) is 5.30 Å². The summed E-state index contributed by atoms with van der Waals surface area (Å²) >= 11 is 0. The second-order valence-electron chi connectivity index (χ2n) is 5.28. The highest BCUT2D eigenvalue weighted by Crippen LogP contribution is 2.52. The van der Waals surface area contributed by atoms with Gasteiger partial charge in [-0.25, -0.2) is 4.98 Å². The van der Waals surface area contributed by atoms with E-state index in [4.69, 9.17) is 24.3 Å². The van der Waals surface area contributed by atoms with Crippen LogP contribution in [0.3, 0.4) is 0 Å². The minimum Gasteiger partial charge on any atom is -0.493 e. The molecular weight excluding hydrogens is 388 g/mol. The molecule has 0 unspecified atom stereocenters. The standard InChI is InChI=1S/C16H20F3N2O5P/c1-5-25-27(22,26-6-2)14-13(20)9-7-11(23-3)12(24-4)8-10(9)21-15(14)16(17,18)19/h7-8H,5-6H2,1-4H3,(H2,20,21). The molecule has 150 valence electrons. The summed E-state index contributed by atoms with van der Waals surface area (Å²) in [5.41, 5.74) is 4.08. The Hall–Kier alpha value is -2.03. The maximum absolute atomic E-state index is 13.7. The van der Waals surface area contributed by atoms with Gasteiger partial charge in [-0.05, 0) is 19.9 Å². The highest BCUT2D eigenvalue weighted by Gasteiger charge is 2.45. The van der Waals surface area contributed by atoms with E-state index >= 15 is 0 Å². The Morgan fingerprint density at radius 1 is 1.07 bits per heavy atom. The van der Waals surface area contributed by atoms with Gasteiger partial charge in [0.25, 0.3) is 0 Å². The molecule has 0 saturated carbocycles. The lowest BCUT2D eigenvalue weighted by Gasteiger charge is -2.23. The van der Waals surface area contributed by atoms with Gasteiger partial charge in [0.05, 0.1) is 38.6 Å². The lowest BCUT2D eigenvalue weighted by Crippen LogP contribution is -2.27. The van der Waals surface area contributed by atoms with Crippen molar-refractivity contribution in [1.82, 2.24) is 4.98 Å². The number of alkyl halides is 3. The first-order chi connectivity index (χ1) is 12.6. The van der Waals surface area contributed by atoms with Crippen molar-refractivity contribution in [3.63, 3.8) is 0 Å². The highest BCUT2D eigenvalue weighted by molar-refractivity contribution is 7.62. The maximum atomic E-state index is 13.7. The van der Waals surface area contributed by atoms with Crippen molar-refractivity contribution in [2.24, 2.45) is 0 Å². The van der Waals surface area contributed by atoms with E-state index in [1.54, 1.807) is 0 Å². The summed E-state index contributed by atoms with van der Waals surface area (Å²) in [6, 6.07) is 2.62. The average molecular weight is 408 g/mol. The number of nitrogen functional groups attached to an aromatic ring is 1. The number of anilines is 1. The fourth-order valence-corrected chi connectivity index (χ4v) is 4.45. The van der Waals surface area contributed by atoms with E-state index in [9.17, 15) is 17.7 Å². The van der Waals surface area contributed by atoms with E-state index in [0.717, 1.165) is 0 Å². The number of methoxy groups -OCH3 is 2. The fourth-order valence-electron chi connectivity index (χ4n) is 2.59. The summed E-state index contributed by atoms with van der Waals surface area (Å²) in [4.78, 5) is 3.65. The Balaban J connectivity index is 2.96. The summed E-state index contributed by atoms with van der Waals surface area (Å²) < 4.78 is 74.6. The molecule has 11 heteroatoms. The Bertz CT molecular complexity index is 879. The molecule has 2 aromatic rings. The lowest BCUT2D eigenvalue weighted by atomic mass is 10.1. The number of aromatic nitrogens is 1. The summed E-state index contributed by atoms with van der Waals surface area (Å²) in [6.07, 6.45) is -4.94. The first-order valence-corrected chi connectivity index (χ1v) is 9.49. The molecule has 1 aromatic carbocycles. The Kier molecular flexibility index (Phi) is 6.24. The molecular formula is C16H20F3N2O5P. The summed E-state index contributed by atoms with van der Waals surface area (Å²) in [6.45, 7) is 2.69. The topological polar surface area (TPSA) is 92.9 Å². The average Bonchev–Trinajstić information content (AvgIpc) is 2.59. The van der Waals surface area contributed by atoms with E-state index in [0.29, 0.717) is 0 Å². The maximum Gasteiger partial charge on any atom is 0.434 e. The number of pyridine rings is 1. The van der Waals surface area contributed by atoms with Crippen LogP contribution in [-0.4, -0.2) is 32.4 Å². The predicted molar refractivity (Wildman–Crippen MR) is 94.8 cm³/mol. The van der Waals surface area contributed by atoms with E-state index in [1.165, 1.54) is 40.2 Å². The number of benzene rings is 1. The van der Waals surface area contributed by atoms with E-state index < -0.39 is 30.5 Å². The zero-order valence-corrected chi connectivity index (χ0v) is 16.1. The zero-order chi connectivity index (χ0) is 20.4. The van der Waals surface area contributed by atoms with E-state index in [-0.39, 0.29) is 35.6 Å². The fraction of sp³-hybridized carbons (Fsp3) is 0.438. The number of fused-ring (bicyclic) bond motifs is 1. The van der Waals surface area contributed by atoms with Crippen LogP contribution in [-0.2, 0) is 19.8 Å². The Labute approximate surface area is 154 Å². The molecule has 2 N–H and O–H groups in total. The van der Waals surface area contributed by atoms with E-state index in [1.807, 2.05) is 0 Å². The molecule has 0 aliphatic carbocycles. The van der Waals surface area contributed by atoms with Gasteiger partial charge in [-0.1, -0.05) is 0 Å². The third kappa shape index (κ3) is 3.97. The minimum atomic E-state index is -4.94. The zero-order valence-electron chi connectivity index (χ0n) is 15.2. The molecule has 1 aromatic heterocycles. The van der Waals surface area contributed by atoms with Crippen LogP contribution in [0, 0.1) is 0 Å². The van der Waals surface area contributed by atoms with Crippen LogP contribution in [0.1, 0.15) is 19.5 Å². The minimum absolute atomic E-state index is 0.0965. The van der Waals surface area contributed by atoms with Crippen molar-refractivity contribution >= 4 is 29.5 Å². The van der Waals surface area contributed by atoms with Crippen LogP contribution in [0.25, 0.3) is 10.9 Å². The Morgan fingerprint density at radius 3 is 2.04 bits per heavy atom. The number of hydrogen-bond acceptors (Lipinski definition) is 7. The highest BCUT2D eigenvalue weighted by atomic mass is 31.2. The van der Waals surface area contributed by atoms with Crippen molar-refractivity contribution in [2.45, 2.75) is 20.0 Å². The molecule has 0 aliphatic heterocycles. The normalized spacial score (nSPS) is 12.4. The smallest absolute Gasteiger partial charge is 0.434 e. The van der Waals surface area contributed by atoms with Gasteiger partial charge >= 0.3 is 13.8 Å². The van der Waals surface area contributed by atoms with Gasteiger partial charge in [-0.15, -0.1) is 0 Å². The number of halogens is 3. The lowest BCUT2D eigenvalue weighted by molar-refractivity contribution is -0.140. The van der Waals surface area contributed by atoms with Gasteiger partial charge in [0, 0.05) is 11.5 Å². The van der Waals surface area contributed by atoms with Crippen molar-refractivity contribution in [2.75, 3.05) is 33.2 Å². The number of rotatable bonds is 7. The predicted octanol–water partition coefficient (Wildman–Crippen LogP) is 3.74. The molecule has 0 radical (unpaired) electrons. The largest absolute Gasteiger partial charge is 0.493 e. The first kappa shape index (κ1) is 21.3. The third-order valence-corrected chi connectivity index (χ3v) is 5.84. The molecule has 0 amide bonds. The number of nitrogens with zero attached hydrogens (tertiary/aromatic N) is 1. The van der Waals surface area contributed by atoms with Gasteiger partial charge in [0.2, 0.25) is 0 Å². The number of ether oxygens (including phenoxy) is 2. The SMILES string of the molecule is CCOP(=O)(OCC)c1c(C(F)(F)F)nc2cc(OC)c(OC)cc2c1N. The van der Waals surface area contributed by atoms with Crippen LogP contribution < -0.4 is 20.5 Å². The van der Waals surface area contributed by atoms with Crippen LogP contribution in [0.15, 0.2) is 12.1 Å². The van der Waals surface area contributed by atoms with Gasteiger partial charge in [0.15, 0.2) is 17.2 Å². The molecule has 0 bridgehead atoms. The van der Waals surface area contributed by atoms with Gasteiger partial charge in [-0.3, -0.25) is 4.57 Å². The van der Waals surface area contributed by atoms with Crippen molar-refractivity contribution in [1.29, 1.82) is 0 Å². The summed E-state index contributed by atoms with van der Waals surface area (Å²) in [5, 5.41) is -0.700. The molecule has 0 saturated heterocycles. The summed E-state index contributed by atoms with van der Waals surface area (Å²) in [5.74, 6) is 0.405. The molecule has 27 heavy (non-hydrogen) atoms. The molecule has 0 spiro atoms.